The van der Waals surface area contributed by atoms with Crippen molar-refractivity contribution >= 4 is 11.8 Å². The van der Waals surface area contributed by atoms with Crippen LogP contribution in [0.5, 0.6) is 0 Å². The van der Waals surface area contributed by atoms with Crippen molar-refractivity contribution in [3.63, 3.8) is 0 Å². The molecular formula is C14H29N3O3. The second kappa shape index (κ2) is 10.6. The summed E-state index contributed by atoms with van der Waals surface area (Å²) < 4.78 is 0. The Kier molecular flexibility index (Phi) is 10.0. The van der Waals surface area contributed by atoms with E-state index in [1.807, 2.05) is 32.6 Å². The summed E-state index contributed by atoms with van der Waals surface area (Å²) in [7, 11) is 0. The maximum Gasteiger partial charge on any atom is 0.239 e. The summed E-state index contributed by atoms with van der Waals surface area (Å²) in [6.45, 7) is 9.79. The largest absolute Gasteiger partial charge is 0.395 e. The molecule has 6 nitrogen and oxygen atoms in total. The van der Waals surface area contributed by atoms with Gasteiger partial charge in [-0.05, 0) is 33.7 Å². The lowest BCUT2D eigenvalue weighted by molar-refractivity contribution is -0.137. The molecular weight excluding hydrogens is 258 g/mol. The smallest absolute Gasteiger partial charge is 0.239 e. The molecule has 0 rings (SSSR count). The molecule has 0 bridgehead atoms. The van der Waals surface area contributed by atoms with Gasteiger partial charge in [-0.1, -0.05) is 6.92 Å². The van der Waals surface area contributed by atoms with E-state index in [9.17, 15) is 9.59 Å². The van der Waals surface area contributed by atoms with Gasteiger partial charge in [0.2, 0.25) is 11.8 Å². The molecule has 2 N–H and O–H groups in total. The van der Waals surface area contributed by atoms with Crippen molar-refractivity contribution in [2.45, 2.75) is 40.2 Å². The van der Waals surface area contributed by atoms with Gasteiger partial charge in [-0.15, -0.1) is 0 Å². The summed E-state index contributed by atoms with van der Waals surface area (Å²) in [5.41, 5.74) is 0. The number of likely N-dealkylation sites (N-methyl/N-ethyl adjacent to an activating group) is 1. The van der Waals surface area contributed by atoms with Gasteiger partial charge in [0.15, 0.2) is 0 Å². The fraction of sp³-hybridized carbons (Fsp3) is 0.857. The minimum atomic E-state index is -0.139. The van der Waals surface area contributed by atoms with Crippen LogP contribution in [0, 0.1) is 0 Å². The quantitative estimate of drug-likeness (QED) is 0.596. The van der Waals surface area contributed by atoms with E-state index in [1.165, 1.54) is 4.90 Å². The average Bonchev–Trinajstić information content (AvgIpc) is 2.35. The zero-order chi connectivity index (χ0) is 15.5. The second-order valence-electron chi connectivity index (χ2n) is 5.13. The molecule has 0 aliphatic heterocycles. The molecule has 0 radical (unpaired) electrons. The highest BCUT2D eigenvalue weighted by Gasteiger charge is 2.18. The van der Waals surface area contributed by atoms with E-state index in [0.717, 1.165) is 13.0 Å². The van der Waals surface area contributed by atoms with Crippen LogP contribution in [-0.4, -0.2) is 72.1 Å². The summed E-state index contributed by atoms with van der Waals surface area (Å²) >= 11 is 0. The van der Waals surface area contributed by atoms with Crippen molar-refractivity contribution in [2.24, 2.45) is 0 Å². The van der Waals surface area contributed by atoms with Crippen molar-refractivity contribution < 1.29 is 14.7 Å². The van der Waals surface area contributed by atoms with Crippen LogP contribution in [0.25, 0.3) is 0 Å². The number of carbonyl (C=O) groups is 2. The van der Waals surface area contributed by atoms with Crippen LogP contribution < -0.4 is 5.32 Å². The molecule has 0 aromatic heterocycles. The molecule has 0 aromatic carbocycles. The van der Waals surface area contributed by atoms with E-state index in [1.54, 1.807) is 0 Å². The number of amides is 2. The van der Waals surface area contributed by atoms with E-state index < -0.39 is 0 Å². The number of rotatable bonds is 10. The van der Waals surface area contributed by atoms with Crippen LogP contribution in [0.15, 0.2) is 0 Å². The Morgan fingerprint density at radius 1 is 1.15 bits per heavy atom. The highest BCUT2D eigenvalue weighted by atomic mass is 16.3. The second-order valence-corrected chi connectivity index (χ2v) is 5.13. The molecule has 0 unspecified atom stereocenters. The Balaban J connectivity index is 4.40. The van der Waals surface area contributed by atoms with E-state index in [-0.39, 0.29) is 37.6 Å². The summed E-state index contributed by atoms with van der Waals surface area (Å²) in [4.78, 5) is 27.3. The van der Waals surface area contributed by atoms with Gasteiger partial charge >= 0.3 is 0 Å². The van der Waals surface area contributed by atoms with Gasteiger partial charge in [0.05, 0.1) is 19.7 Å². The number of nitrogens with zero attached hydrogens (tertiary/aromatic N) is 2. The maximum absolute atomic E-state index is 12.2. The zero-order valence-corrected chi connectivity index (χ0v) is 13.2. The highest BCUT2D eigenvalue weighted by Crippen LogP contribution is 1.97. The van der Waals surface area contributed by atoms with Crippen LogP contribution in [0.3, 0.4) is 0 Å². The van der Waals surface area contributed by atoms with Crippen LogP contribution in [0.2, 0.25) is 0 Å². The number of aliphatic hydroxyl groups excluding tert-OH is 1. The maximum atomic E-state index is 12.2. The van der Waals surface area contributed by atoms with Crippen molar-refractivity contribution in [2.75, 3.05) is 39.3 Å². The standard InChI is InChI=1S/C14H29N3O3/c1-5-7-16(8-9-18)11-14(20)17(6-2)10-13(19)15-12(3)4/h12,18H,5-11H2,1-4H3,(H,15,19). The monoisotopic (exact) mass is 287 g/mol. The number of hydrogen-bond acceptors (Lipinski definition) is 4. The minimum absolute atomic E-state index is 0.0350. The van der Waals surface area contributed by atoms with E-state index in [0.29, 0.717) is 13.1 Å². The molecule has 0 aliphatic carbocycles. The molecule has 0 spiro atoms. The van der Waals surface area contributed by atoms with Crippen molar-refractivity contribution in [3.05, 3.63) is 0 Å². The topological polar surface area (TPSA) is 72.9 Å². The molecule has 6 heteroatoms. The Labute approximate surface area is 122 Å². The van der Waals surface area contributed by atoms with Crippen LogP contribution in [0.4, 0.5) is 0 Å². The first kappa shape index (κ1) is 18.9. The SMILES string of the molecule is CCCN(CCO)CC(=O)N(CC)CC(=O)NC(C)C. The molecule has 118 valence electrons. The van der Waals surface area contributed by atoms with Gasteiger partial charge in [-0.2, -0.15) is 0 Å². The van der Waals surface area contributed by atoms with Gasteiger partial charge in [-0.3, -0.25) is 14.5 Å². The third-order valence-electron chi connectivity index (χ3n) is 2.83. The summed E-state index contributed by atoms with van der Waals surface area (Å²) in [5, 5.41) is 11.8. The minimum Gasteiger partial charge on any atom is -0.395 e. The number of nitrogens with one attached hydrogen (secondary N) is 1. The Morgan fingerprint density at radius 3 is 2.25 bits per heavy atom. The highest BCUT2D eigenvalue weighted by molar-refractivity contribution is 5.85. The van der Waals surface area contributed by atoms with Gasteiger partial charge in [0.25, 0.3) is 0 Å². The van der Waals surface area contributed by atoms with Gasteiger partial charge in [-0.25, -0.2) is 0 Å². The summed E-state index contributed by atoms with van der Waals surface area (Å²) in [6, 6.07) is 0.0716. The van der Waals surface area contributed by atoms with Crippen molar-refractivity contribution in [1.82, 2.24) is 15.1 Å². The molecule has 0 aliphatic rings. The molecule has 0 aromatic rings. The number of carbonyl (C=O) groups excluding carboxylic acids is 2. The van der Waals surface area contributed by atoms with Gasteiger partial charge < -0.3 is 15.3 Å². The Morgan fingerprint density at radius 2 is 1.80 bits per heavy atom. The molecule has 0 saturated carbocycles. The van der Waals surface area contributed by atoms with Crippen molar-refractivity contribution in [1.29, 1.82) is 0 Å². The fourth-order valence-corrected chi connectivity index (χ4v) is 1.94. The predicted octanol–water partition coefficient (Wildman–Crippen LogP) is 0.0638. The number of hydrogen-bond donors (Lipinski definition) is 2. The van der Waals surface area contributed by atoms with E-state index in [2.05, 4.69) is 5.32 Å². The van der Waals surface area contributed by atoms with Crippen LogP contribution in [0.1, 0.15) is 34.1 Å². The summed E-state index contributed by atoms with van der Waals surface area (Å²) in [6.07, 6.45) is 0.924. The first-order valence-electron chi connectivity index (χ1n) is 7.34. The van der Waals surface area contributed by atoms with Crippen LogP contribution in [-0.2, 0) is 9.59 Å². The van der Waals surface area contributed by atoms with E-state index in [4.69, 9.17) is 5.11 Å². The molecule has 0 saturated heterocycles. The first-order chi connectivity index (χ1) is 9.44. The summed E-state index contributed by atoms with van der Waals surface area (Å²) in [5.74, 6) is -0.215. The first-order valence-corrected chi connectivity index (χ1v) is 7.34. The third kappa shape index (κ3) is 8.12. The lowest BCUT2D eigenvalue weighted by atomic mass is 10.3. The lowest BCUT2D eigenvalue weighted by Gasteiger charge is -2.26. The molecule has 20 heavy (non-hydrogen) atoms. The fourth-order valence-electron chi connectivity index (χ4n) is 1.94. The van der Waals surface area contributed by atoms with Gasteiger partial charge in [0.1, 0.15) is 0 Å². The normalized spacial score (nSPS) is 10.9. The zero-order valence-electron chi connectivity index (χ0n) is 13.2. The number of aliphatic hydroxyl groups is 1. The Hall–Kier alpha value is -1.14. The van der Waals surface area contributed by atoms with Crippen LogP contribution >= 0.6 is 0 Å². The van der Waals surface area contributed by atoms with Gasteiger partial charge in [0, 0.05) is 19.1 Å². The molecule has 2 amide bonds. The average molecular weight is 287 g/mol. The molecule has 0 heterocycles. The molecule has 0 atom stereocenters. The van der Waals surface area contributed by atoms with E-state index >= 15 is 0 Å². The third-order valence-corrected chi connectivity index (χ3v) is 2.83. The lowest BCUT2D eigenvalue weighted by Crippen LogP contribution is -2.46. The van der Waals surface area contributed by atoms with Crippen molar-refractivity contribution in [3.8, 4) is 0 Å². The molecule has 0 fully saturated rings. The Bertz CT molecular complexity index is 289. The predicted molar refractivity (Wildman–Crippen MR) is 79.3 cm³/mol.